The second-order valence-corrected chi connectivity index (χ2v) is 4.62. The molecule has 1 fully saturated rings. The first kappa shape index (κ1) is 10.4. The van der Waals surface area contributed by atoms with Crippen LogP contribution in [0.3, 0.4) is 0 Å². The molecule has 0 spiro atoms. The average molecular weight is 190 g/mol. The fraction of sp³-hybridized carbons (Fsp3) is 1.00. The fourth-order valence-corrected chi connectivity index (χ4v) is 1.85. The van der Waals surface area contributed by atoms with Gasteiger partial charge in [-0.25, -0.2) is 0 Å². The zero-order chi connectivity index (χ0) is 9.24. The first-order chi connectivity index (χ1) is 5.52. The highest BCUT2D eigenvalue weighted by Gasteiger charge is 2.46. The van der Waals surface area contributed by atoms with E-state index in [2.05, 4.69) is 33.4 Å². The lowest BCUT2D eigenvalue weighted by Gasteiger charge is -2.39. The normalized spacial score (nSPS) is 23.0. The Morgan fingerprint density at radius 1 is 1.25 bits per heavy atom. The molecule has 1 rings (SSSR count). The molecule has 1 aliphatic rings. The molecular weight excluding hydrogens is 172 g/mol. The Morgan fingerprint density at radius 2 is 1.75 bits per heavy atom. The predicted octanol–water partition coefficient (Wildman–Crippen LogP) is 2.10. The van der Waals surface area contributed by atoms with Crippen LogP contribution in [0.2, 0.25) is 0 Å². The largest absolute Gasteiger partial charge is 0.347 e. The second-order valence-electron chi connectivity index (χ2n) is 4.17. The maximum absolute atomic E-state index is 5.67. The fourth-order valence-electron chi connectivity index (χ4n) is 1.55. The van der Waals surface area contributed by atoms with Gasteiger partial charge in [-0.2, -0.15) is 12.6 Å². The molecule has 0 unspecified atom stereocenters. The molecule has 0 saturated carbocycles. The summed E-state index contributed by atoms with van der Waals surface area (Å²) in [4.78, 5) is 0. The van der Waals surface area contributed by atoms with Gasteiger partial charge in [0, 0.05) is 11.8 Å². The molecule has 0 amide bonds. The molecule has 72 valence electrons. The van der Waals surface area contributed by atoms with E-state index in [0.717, 1.165) is 12.2 Å². The molecule has 0 aromatic heterocycles. The van der Waals surface area contributed by atoms with E-state index in [1.165, 1.54) is 0 Å². The van der Waals surface area contributed by atoms with Crippen LogP contribution in [0.5, 0.6) is 0 Å². The van der Waals surface area contributed by atoms with Crippen LogP contribution in [-0.2, 0) is 9.47 Å². The zero-order valence-corrected chi connectivity index (χ0v) is 8.99. The molecule has 3 heteroatoms. The lowest BCUT2D eigenvalue weighted by atomic mass is 9.83. The van der Waals surface area contributed by atoms with Gasteiger partial charge in [-0.1, -0.05) is 20.8 Å². The number of hydrogen-bond donors (Lipinski definition) is 1. The molecule has 0 radical (unpaired) electrons. The van der Waals surface area contributed by atoms with Crippen molar-refractivity contribution in [3.05, 3.63) is 0 Å². The van der Waals surface area contributed by atoms with E-state index in [-0.39, 0.29) is 5.41 Å². The standard InChI is InChI=1S/C9H18O2S/c1-8(2,3)9(4-7-12)10-5-6-11-9/h12H,4-7H2,1-3H3. The summed E-state index contributed by atoms with van der Waals surface area (Å²) in [5.41, 5.74) is 0.0340. The van der Waals surface area contributed by atoms with Crippen molar-refractivity contribution < 1.29 is 9.47 Å². The third-order valence-electron chi connectivity index (χ3n) is 2.34. The van der Waals surface area contributed by atoms with E-state index in [1.54, 1.807) is 0 Å². The van der Waals surface area contributed by atoms with Crippen LogP contribution in [0.15, 0.2) is 0 Å². The van der Waals surface area contributed by atoms with Crippen LogP contribution < -0.4 is 0 Å². The molecule has 0 atom stereocenters. The average Bonchev–Trinajstić information content (AvgIpc) is 2.36. The van der Waals surface area contributed by atoms with Crippen molar-refractivity contribution in [3.8, 4) is 0 Å². The van der Waals surface area contributed by atoms with Gasteiger partial charge in [-0.05, 0) is 5.75 Å². The van der Waals surface area contributed by atoms with Crippen molar-refractivity contribution >= 4 is 12.6 Å². The minimum atomic E-state index is -0.394. The van der Waals surface area contributed by atoms with Crippen LogP contribution in [0.25, 0.3) is 0 Å². The smallest absolute Gasteiger partial charge is 0.174 e. The summed E-state index contributed by atoms with van der Waals surface area (Å²) in [5.74, 6) is 0.409. The van der Waals surface area contributed by atoms with Gasteiger partial charge in [0.1, 0.15) is 0 Å². The third-order valence-corrected chi connectivity index (χ3v) is 2.56. The van der Waals surface area contributed by atoms with Crippen LogP contribution in [0, 0.1) is 5.41 Å². The van der Waals surface area contributed by atoms with E-state index >= 15 is 0 Å². The molecule has 2 nitrogen and oxygen atoms in total. The maximum atomic E-state index is 5.67. The van der Waals surface area contributed by atoms with Crippen molar-refractivity contribution in [1.29, 1.82) is 0 Å². The number of thiol groups is 1. The van der Waals surface area contributed by atoms with Gasteiger partial charge >= 0.3 is 0 Å². The maximum Gasteiger partial charge on any atom is 0.174 e. The van der Waals surface area contributed by atoms with Gasteiger partial charge in [0.05, 0.1) is 13.2 Å². The SMILES string of the molecule is CC(C)(C)C1(CCS)OCCO1. The highest BCUT2D eigenvalue weighted by Crippen LogP contribution is 2.40. The lowest BCUT2D eigenvalue weighted by Crippen LogP contribution is -2.44. The summed E-state index contributed by atoms with van der Waals surface area (Å²) in [6.07, 6.45) is 0.861. The van der Waals surface area contributed by atoms with Crippen molar-refractivity contribution in [3.63, 3.8) is 0 Å². The summed E-state index contributed by atoms with van der Waals surface area (Å²) >= 11 is 4.22. The summed E-state index contributed by atoms with van der Waals surface area (Å²) in [6, 6.07) is 0. The number of ether oxygens (including phenoxy) is 2. The summed E-state index contributed by atoms with van der Waals surface area (Å²) < 4.78 is 11.3. The summed E-state index contributed by atoms with van der Waals surface area (Å²) in [5, 5.41) is 0. The van der Waals surface area contributed by atoms with Gasteiger partial charge in [-0.3, -0.25) is 0 Å². The van der Waals surface area contributed by atoms with Crippen LogP contribution in [0.1, 0.15) is 27.2 Å². The topological polar surface area (TPSA) is 18.5 Å². The quantitative estimate of drug-likeness (QED) is 0.672. The zero-order valence-electron chi connectivity index (χ0n) is 8.09. The summed E-state index contributed by atoms with van der Waals surface area (Å²) in [6.45, 7) is 7.85. The van der Waals surface area contributed by atoms with E-state index in [0.29, 0.717) is 13.2 Å². The van der Waals surface area contributed by atoms with Gasteiger partial charge in [0.25, 0.3) is 0 Å². The van der Waals surface area contributed by atoms with Crippen molar-refractivity contribution in [2.75, 3.05) is 19.0 Å². The molecule has 0 N–H and O–H groups in total. The van der Waals surface area contributed by atoms with Gasteiger partial charge < -0.3 is 9.47 Å². The number of rotatable bonds is 2. The molecule has 1 saturated heterocycles. The minimum Gasteiger partial charge on any atom is -0.347 e. The van der Waals surface area contributed by atoms with Crippen molar-refractivity contribution in [2.24, 2.45) is 5.41 Å². The Hall–Kier alpha value is 0.270. The predicted molar refractivity (Wildman–Crippen MR) is 52.6 cm³/mol. The number of hydrogen-bond acceptors (Lipinski definition) is 3. The highest BCUT2D eigenvalue weighted by atomic mass is 32.1. The molecule has 1 heterocycles. The molecule has 0 aliphatic carbocycles. The third kappa shape index (κ3) is 1.78. The Labute approximate surface area is 80.0 Å². The van der Waals surface area contributed by atoms with Crippen LogP contribution >= 0.6 is 12.6 Å². The highest BCUT2D eigenvalue weighted by molar-refractivity contribution is 7.80. The van der Waals surface area contributed by atoms with E-state index < -0.39 is 5.79 Å². The van der Waals surface area contributed by atoms with Crippen LogP contribution in [0.4, 0.5) is 0 Å². The molecular formula is C9H18O2S. The Morgan fingerprint density at radius 3 is 2.08 bits per heavy atom. The summed E-state index contributed by atoms with van der Waals surface area (Å²) in [7, 11) is 0. The van der Waals surface area contributed by atoms with Gasteiger partial charge in [-0.15, -0.1) is 0 Å². The Bertz CT molecular complexity index is 145. The minimum absolute atomic E-state index is 0.0340. The molecule has 0 aromatic carbocycles. The molecule has 12 heavy (non-hydrogen) atoms. The van der Waals surface area contributed by atoms with E-state index in [4.69, 9.17) is 9.47 Å². The Kier molecular flexibility index (Phi) is 3.07. The monoisotopic (exact) mass is 190 g/mol. The molecule has 1 aliphatic heterocycles. The van der Waals surface area contributed by atoms with E-state index in [1.807, 2.05) is 0 Å². The Balaban J connectivity index is 2.72. The first-order valence-electron chi connectivity index (χ1n) is 4.41. The second kappa shape index (κ2) is 3.56. The first-order valence-corrected chi connectivity index (χ1v) is 5.04. The molecule has 0 bridgehead atoms. The van der Waals surface area contributed by atoms with Gasteiger partial charge in [0.15, 0.2) is 5.79 Å². The van der Waals surface area contributed by atoms with Crippen molar-refractivity contribution in [1.82, 2.24) is 0 Å². The lowest BCUT2D eigenvalue weighted by molar-refractivity contribution is -0.223. The molecule has 0 aromatic rings. The van der Waals surface area contributed by atoms with Gasteiger partial charge in [0.2, 0.25) is 0 Å². The van der Waals surface area contributed by atoms with Crippen molar-refractivity contribution in [2.45, 2.75) is 33.0 Å². The van der Waals surface area contributed by atoms with Crippen LogP contribution in [-0.4, -0.2) is 24.8 Å². The van der Waals surface area contributed by atoms with E-state index in [9.17, 15) is 0 Å².